The van der Waals surface area contributed by atoms with E-state index in [0.29, 0.717) is 35.7 Å². The Kier molecular flexibility index (Phi) is 6.87. The lowest BCUT2D eigenvalue weighted by molar-refractivity contribution is 0.0946. The Morgan fingerprint density at radius 3 is 2.90 bits per heavy atom. The van der Waals surface area contributed by atoms with Crippen LogP contribution in [0.1, 0.15) is 40.5 Å². The highest BCUT2D eigenvalue weighted by atomic mass is 32.1. The fourth-order valence-electron chi connectivity index (χ4n) is 3.70. The van der Waals surface area contributed by atoms with Gasteiger partial charge in [0.15, 0.2) is 5.13 Å². The monoisotopic (exact) mass is 432 g/mol. The summed E-state index contributed by atoms with van der Waals surface area (Å²) in [6, 6.07) is 17.9. The summed E-state index contributed by atoms with van der Waals surface area (Å²) in [4.78, 5) is 23.7. The maximum Gasteiger partial charge on any atom is 0.271 e. The van der Waals surface area contributed by atoms with Crippen molar-refractivity contribution in [2.45, 2.75) is 25.3 Å². The van der Waals surface area contributed by atoms with E-state index in [-0.39, 0.29) is 5.91 Å². The van der Waals surface area contributed by atoms with E-state index in [9.17, 15) is 4.79 Å². The maximum atomic E-state index is 12.4. The normalized spacial score (nSPS) is 16.4. The molecule has 0 radical (unpaired) electrons. The molecule has 1 saturated heterocycles. The predicted octanol–water partition coefficient (Wildman–Crippen LogP) is 3.91. The molecule has 1 unspecified atom stereocenters. The molecule has 1 amide bonds. The zero-order chi connectivity index (χ0) is 21.5. The second-order valence-corrected chi connectivity index (χ2v) is 8.37. The Balaban J connectivity index is 1.37. The second kappa shape index (κ2) is 10.2. The third kappa shape index (κ3) is 5.66. The van der Waals surface area contributed by atoms with Crippen LogP contribution >= 0.6 is 11.3 Å². The van der Waals surface area contributed by atoms with Gasteiger partial charge < -0.3 is 10.6 Å². The lowest BCUT2D eigenvalue weighted by Crippen LogP contribution is -2.34. The molecule has 31 heavy (non-hydrogen) atoms. The fraction of sp³-hybridized carbons (Fsp3) is 0.304. The van der Waals surface area contributed by atoms with Gasteiger partial charge in [0.05, 0.1) is 12.6 Å². The van der Waals surface area contributed by atoms with Crippen LogP contribution in [0.5, 0.6) is 0 Å². The van der Waals surface area contributed by atoms with Gasteiger partial charge in [0.2, 0.25) is 0 Å². The number of likely N-dealkylation sites (tertiary alicyclic amines) is 1. The topological polar surface area (TPSA) is 93.9 Å². The Morgan fingerprint density at radius 1 is 1.19 bits per heavy atom. The maximum absolute atomic E-state index is 12.4. The molecule has 2 N–H and O–H groups in total. The van der Waals surface area contributed by atoms with E-state index < -0.39 is 0 Å². The number of piperidine rings is 1. The molecule has 0 saturated carbocycles. The van der Waals surface area contributed by atoms with Crippen molar-refractivity contribution in [3.05, 3.63) is 70.9 Å². The van der Waals surface area contributed by atoms with Gasteiger partial charge in [0.1, 0.15) is 11.5 Å². The fourth-order valence-corrected chi connectivity index (χ4v) is 4.40. The van der Waals surface area contributed by atoms with Crippen molar-refractivity contribution in [3.8, 4) is 6.07 Å². The summed E-state index contributed by atoms with van der Waals surface area (Å²) in [6.07, 6.45) is 2.14. The number of thiazole rings is 1. The Hall–Kier alpha value is -3.28. The lowest BCUT2D eigenvalue weighted by atomic mass is 9.94. The van der Waals surface area contributed by atoms with Crippen LogP contribution in [-0.4, -0.2) is 40.4 Å². The van der Waals surface area contributed by atoms with Crippen molar-refractivity contribution in [2.24, 2.45) is 0 Å². The number of aromatic nitrogens is 2. The smallest absolute Gasteiger partial charge is 0.271 e. The molecule has 158 valence electrons. The number of amides is 1. The molecule has 2 aromatic heterocycles. The van der Waals surface area contributed by atoms with Gasteiger partial charge in [0, 0.05) is 30.1 Å². The molecular formula is C23H24N6OS. The number of nitriles is 1. The van der Waals surface area contributed by atoms with Crippen molar-refractivity contribution >= 4 is 28.2 Å². The van der Waals surface area contributed by atoms with Gasteiger partial charge in [-0.2, -0.15) is 5.26 Å². The van der Waals surface area contributed by atoms with Crippen LogP contribution in [0.4, 0.5) is 10.9 Å². The summed E-state index contributed by atoms with van der Waals surface area (Å²) >= 11 is 1.38. The number of hydrogen-bond donors (Lipinski definition) is 2. The van der Waals surface area contributed by atoms with Crippen LogP contribution < -0.4 is 10.6 Å². The van der Waals surface area contributed by atoms with Crippen LogP contribution in [0.25, 0.3) is 0 Å². The van der Waals surface area contributed by atoms with Crippen molar-refractivity contribution in [1.82, 2.24) is 20.2 Å². The van der Waals surface area contributed by atoms with Crippen LogP contribution in [-0.2, 0) is 6.54 Å². The van der Waals surface area contributed by atoms with Crippen molar-refractivity contribution < 1.29 is 4.79 Å². The summed E-state index contributed by atoms with van der Waals surface area (Å²) in [5.74, 6) is 0.828. The van der Waals surface area contributed by atoms with Crippen LogP contribution in [0.3, 0.4) is 0 Å². The van der Waals surface area contributed by atoms with E-state index >= 15 is 0 Å². The molecule has 1 aliphatic heterocycles. The highest BCUT2D eigenvalue weighted by molar-refractivity contribution is 7.14. The highest BCUT2D eigenvalue weighted by Gasteiger charge is 2.22. The molecule has 4 rings (SSSR count). The number of hydrogen-bond acceptors (Lipinski definition) is 7. The number of rotatable bonds is 7. The molecule has 7 nitrogen and oxygen atoms in total. The first kappa shape index (κ1) is 21.0. The summed E-state index contributed by atoms with van der Waals surface area (Å²) in [7, 11) is 0. The number of pyridine rings is 1. The molecule has 3 aromatic rings. The molecule has 8 heteroatoms. The van der Waals surface area contributed by atoms with E-state index in [0.717, 1.165) is 37.2 Å². The Labute approximate surface area is 185 Å². The summed E-state index contributed by atoms with van der Waals surface area (Å²) in [5.41, 5.74) is 2.45. The van der Waals surface area contributed by atoms with Gasteiger partial charge >= 0.3 is 0 Å². The third-order valence-electron chi connectivity index (χ3n) is 5.26. The van der Waals surface area contributed by atoms with Gasteiger partial charge in [-0.05, 0) is 37.1 Å². The van der Waals surface area contributed by atoms with E-state index in [2.05, 4.69) is 26.6 Å². The zero-order valence-corrected chi connectivity index (χ0v) is 17.9. The molecule has 0 bridgehead atoms. The zero-order valence-electron chi connectivity index (χ0n) is 17.1. The summed E-state index contributed by atoms with van der Waals surface area (Å²) < 4.78 is 0. The van der Waals surface area contributed by atoms with Crippen molar-refractivity contribution in [3.63, 3.8) is 0 Å². The molecule has 1 atom stereocenters. The first-order chi connectivity index (χ1) is 15.2. The van der Waals surface area contributed by atoms with Gasteiger partial charge in [0.25, 0.3) is 5.91 Å². The number of benzene rings is 1. The first-order valence-corrected chi connectivity index (χ1v) is 11.2. The minimum Gasteiger partial charge on any atom is -0.347 e. The largest absolute Gasteiger partial charge is 0.347 e. The van der Waals surface area contributed by atoms with Gasteiger partial charge in [-0.1, -0.05) is 36.4 Å². The SMILES string of the molecule is N#CCN1CCCC(c2cccc(Nc3nc(C(=O)NCc4ccccc4)cs3)n2)C1. The second-order valence-electron chi connectivity index (χ2n) is 7.51. The molecule has 1 aliphatic rings. The van der Waals surface area contributed by atoms with Gasteiger partial charge in [-0.3, -0.25) is 9.69 Å². The Bertz CT molecular complexity index is 1060. The number of carbonyl (C=O) groups is 1. The van der Waals surface area contributed by atoms with E-state index in [1.807, 2.05) is 48.5 Å². The number of nitrogens with one attached hydrogen (secondary N) is 2. The minimum absolute atomic E-state index is 0.199. The average molecular weight is 433 g/mol. The first-order valence-electron chi connectivity index (χ1n) is 10.3. The average Bonchev–Trinajstić information content (AvgIpc) is 3.27. The Morgan fingerprint density at radius 2 is 2.06 bits per heavy atom. The molecule has 1 fully saturated rings. The quantitative estimate of drug-likeness (QED) is 0.550. The summed E-state index contributed by atoms with van der Waals surface area (Å²) in [6.45, 7) is 2.75. The standard InChI is InChI=1S/C23H24N6OS/c24-11-13-29-12-5-8-18(15-29)19-9-4-10-21(26-19)28-23-27-20(16-31-23)22(30)25-14-17-6-2-1-3-7-17/h1-4,6-7,9-10,16,18H,5,8,12-15H2,(H,25,30)(H,26,27,28). The van der Waals surface area contributed by atoms with Crippen LogP contribution in [0.15, 0.2) is 53.9 Å². The predicted molar refractivity (Wildman–Crippen MR) is 121 cm³/mol. The van der Waals surface area contributed by atoms with Crippen molar-refractivity contribution in [2.75, 3.05) is 25.0 Å². The highest BCUT2D eigenvalue weighted by Crippen LogP contribution is 2.27. The molecule has 0 aliphatic carbocycles. The number of carbonyl (C=O) groups excluding carboxylic acids is 1. The molecule has 1 aromatic carbocycles. The van der Waals surface area contributed by atoms with Crippen LogP contribution in [0.2, 0.25) is 0 Å². The summed E-state index contributed by atoms with van der Waals surface area (Å²) in [5, 5.41) is 17.4. The minimum atomic E-state index is -0.199. The number of anilines is 2. The molecular weight excluding hydrogens is 408 g/mol. The molecule has 0 spiro atoms. The van der Waals surface area contributed by atoms with Crippen LogP contribution in [0, 0.1) is 11.3 Å². The van der Waals surface area contributed by atoms with E-state index in [4.69, 9.17) is 10.2 Å². The lowest BCUT2D eigenvalue weighted by Gasteiger charge is -2.30. The molecule has 3 heterocycles. The third-order valence-corrected chi connectivity index (χ3v) is 6.01. The van der Waals surface area contributed by atoms with Gasteiger partial charge in [-0.15, -0.1) is 11.3 Å². The van der Waals surface area contributed by atoms with E-state index in [1.165, 1.54) is 11.3 Å². The van der Waals surface area contributed by atoms with Crippen molar-refractivity contribution in [1.29, 1.82) is 5.26 Å². The number of nitrogens with zero attached hydrogens (tertiary/aromatic N) is 4. The van der Waals surface area contributed by atoms with E-state index in [1.54, 1.807) is 5.38 Å². The van der Waals surface area contributed by atoms with Gasteiger partial charge in [-0.25, -0.2) is 9.97 Å².